The summed E-state index contributed by atoms with van der Waals surface area (Å²) in [5.74, 6) is -0.132. The van der Waals surface area contributed by atoms with E-state index in [2.05, 4.69) is 9.46 Å². The molecule has 0 spiro atoms. The Morgan fingerprint density at radius 1 is 1.17 bits per heavy atom. The normalized spacial score (nSPS) is 14.0. The van der Waals surface area contributed by atoms with Gasteiger partial charge in [-0.15, -0.1) is 0 Å². The SMILES string of the molecule is CC[C@@H](C)[C@@H](NS(=O)(=O)c1ccc(OC)c(OC)c1)C(=O)OC. The van der Waals surface area contributed by atoms with Crippen molar-refractivity contribution in [3.05, 3.63) is 18.2 Å². The first-order valence-electron chi connectivity index (χ1n) is 7.12. The first kappa shape index (κ1) is 19.2. The van der Waals surface area contributed by atoms with E-state index in [1.54, 1.807) is 6.92 Å². The van der Waals surface area contributed by atoms with E-state index in [0.717, 1.165) is 0 Å². The molecule has 0 fully saturated rings. The molecule has 0 unspecified atom stereocenters. The lowest BCUT2D eigenvalue weighted by Gasteiger charge is -2.22. The summed E-state index contributed by atoms with van der Waals surface area (Å²) in [6.45, 7) is 3.64. The second-order valence-corrected chi connectivity index (χ2v) is 6.74. The van der Waals surface area contributed by atoms with Gasteiger partial charge in [-0.1, -0.05) is 20.3 Å². The predicted octanol–water partition coefficient (Wildman–Crippen LogP) is 1.57. The second kappa shape index (κ2) is 8.16. The van der Waals surface area contributed by atoms with Crippen molar-refractivity contribution in [2.45, 2.75) is 31.2 Å². The van der Waals surface area contributed by atoms with E-state index in [0.29, 0.717) is 12.2 Å². The van der Waals surface area contributed by atoms with Crippen LogP contribution in [0, 0.1) is 5.92 Å². The van der Waals surface area contributed by atoms with Gasteiger partial charge < -0.3 is 14.2 Å². The second-order valence-electron chi connectivity index (χ2n) is 5.02. The highest BCUT2D eigenvalue weighted by Gasteiger charge is 2.30. The summed E-state index contributed by atoms with van der Waals surface area (Å²) in [5, 5.41) is 0. The Morgan fingerprint density at radius 2 is 1.78 bits per heavy atom. The van der Waals surface area contributed by atoms with Gasteiger partial charge in [-0.05, 0) is 18.1 Å². The highest BCUT2D eigenvalue weighted by molar-refractivity contribution is 7.89. The van der Waals surface area contributed by atoms with Gasteiger partial charge in [-0.3, -0.25) is 4.79 Å². The van der Waals surface area contributed by atoms with E-state index in [-0.39, 0.29) is 16.6 Å². The molecule has 0 bridgehead atoms. The average Bonchev–Trinajstić information content (AvgIpc) is 2.57. The van der Waals surface area contributed by atoms with Crippen molar-refractivity contribution in [3.63, 3.8) is 0 Å². The fourth-order valence-electron chi connectivity index (χ4n) is 1.98. The summed E-state index contributed by atoms with van der Waals surface area (Å²) in [7, 11) is 0.185. The topological polar surface area (TPSA) is 90.9 Å². The molecule has 0 saturated heterocycles. The van der Waals surface area contributed by atoms with Gasteiger partial charge in [0.2, 0.25) is 10.0 Å². The van der Waals surface area contributed by atoms with Crippen LogP contribution in [0.25, 0.3) is 0 Å². The molecule has 1 aromatic carbocycles. The van der Waals surface area contributed by atoms with Crippen molar-refractivity contribution in [1.82, 2.24) is 4.72 Å². The van der Waals surface area contributed by atoms with Crippen molar-refractivity contribution in [3.8, 4) is 11.5 Å². The summed E-state index contributed by atoms with van der Waals surface area (Å²) >= 11 is 0. The number of sulfonamides is 1. The highest BCUT2D eigenvalue weighted by atomic mass is 32.2. The zero-order chi connectivity index (χ0) is 17.6. The lowest BCUT2D eigenvalue weighted by Crippen LogP contribution is -2.45. The zero-order valence-corrected chi connectivity index (χ0v) is 14.8. The van der Waals surface area contributed by atoms with Crippen LogP contribution in [0.5, 0.6) is 11.5 Å². The first-order chi connectivity index (χ1) is 10.8. The minimum Gasteiger partial charge on any atom is -0.493 e. The van der Waals surface area contributed by atoms with Gasteiger partial charge in [0, 0.05) is 6.07 Å². The van der Waals surface area contributed by atoms with E-state index in [1.165, 1.54) is 39.5 Å². The Hall–Kier alpha value is -1.80. The summed E-state index contributed by atoms with van der Waals surface area (Å²) < 4.78 is 42.3. The maximum Gasteiger partial charge on any atom is 0.324 e. The third kappa shape index (κ3) is 4.59. The lowest BCUT2D eigenvalue weighted by molar-refractivity contribution is -0.143. The van der Waals surface area contributed by atoms with E-state index in [9.17, 15) is 13.2 Å². The van der Waals surface area contributed by atoms with Crippen LogP contribution < -0.4 is 14.2 Å². The van der Waals surface area contributed by atoms with Gasteiger partial charge in [0.15, 0.2) is 11.5 Å². The third-order valence-electron chi connectivity index (χ3n) is 3.62. The number of hydrogen-bond donors (Lipinski definition) is 1. The number of rotatable bonds is 8. The Labute approximate surface area is 137 Å². The Kier molecular flexibility index (Phi) is 6.83. The van der Waals surface area contributed by atoms with Crippen molar-refractivity contribution in [2.24, 2.45) is 5.92 Å². The minimum absolute atomic E-state index is 0.0210. The maximum atomic E-state index is 12.5. The molecule has 7 nitrogen and oxygen atoms in total. The van der Waals surface area contributed by atoms with Crippen LogP contribution in [0.1, 0.15) is 20.3 Å². The first-order valence-corrected chi connectivity index (χ1v) is 8.61. The molecule has 1 aromatic rings. The molecule has 0 aliphatic heterocycles. The largest absolute Gasteiger partial charge is 0.493 e. The number of ether oxygens (including phenoxy) is 3. The molecule has 0 amide bonds. The molecule has 1 rings (SSSR count). The number of esters is 1. The number of carbonyl (C=O) groups excluding carboxylic acids is 1. The van der Waals surface area contributed by atoms with E-state index in [4.69, 9.17) is 9.47 Å². The molecule has 0 saturated carbocycles. The van der Waals surface area contributed by atoms with E-state index in [1.807, 2.05) is 6.92 Å². The minimum atomic E-state index is -3.91. The molecule has 0 radical (unpaired) electrons. The van der Waals surface area contributed by atoms with E-state index >= 15 is 0 Å². The van der Waals surface area contributed by atoms with Gasteiger partial charge in [0.1, 0.15) is 6.04 Å². The van der Waals surface area contributed by atoms with Crippen molar-refractivity contribution in [2.75, 3.05) is 21.3 Å². The number of methoxy groups -OCH3 is 3. The number of hydrogen-bond acceptors (Lipinski definition) is 6. The Morgan fingerprint density at radius 3 is 2.26 bits per heavy atom. The predicted molar refractivity (Wildman–Crippen MR) is 85.1 cm³/mol. The van der Waals surface area contributed by atoms with Crippen LogP contribution in [0.2, 0.25) is 0 Å². The molecule has 0 heterocycles. The van der Waals surface area contributed by atoms with Gasteiger partial charge in [0.05, 0.1) is 26.2 Å². The van der Waals surface area contributed by atoms with Crippen LogP contribution in [0.3, 0.4) is 0 Å². The summed E-state index contributed by atoms with van der Waals surface area (Å²) in [6, 6.07) is 3.26. The van der Waals surface area contributed by atoms with Gasteiger partial charge in [-0.2, -0.15) is 4.72 Å². The highest BCUT2D eigenvalue weighted by Crippen LogP contribution is 2.29. The smallest absolute Gasteiger partial charge is 0.324 e. The zero-order valence-electron chi connectivity index (χ0n) is 14.0. The Bertz CT molecular complexity index is 643. The molecule has 130 valence electrons. The quantitative estimate of drug-likeness (QED) is 0.719. The summed E-state index contributed by atoms with van der Waals surface area (Å²) in [6.07, 6.45) is 0.619. The fourth-order valence-corrected chi connectivity index (χ4v) is 3.29. The number of carbonyl (C=O) groups is 1. The van der Waals surface area contributed by atoms with Crippen LogP contribution in [0.4, 0.5) is 0 Å². The number of nitrogens with one attached hydrogen (secondary N) is 1. The van der Waals surface area contributed by atoms with Gasteiger partial charge in [0.25, 0.3) is 0 Å². The molecule has 0 aliphatic rings. The maximum absolute atomic E-state index is 12.5. The molecular weight excluding hydrogens is 322 g/mol. The molecule has 1 N–H and O–H groups in total. The average molecular weight is 345 g/mol. The standard InChI is InChI=1S/C15H23NO6S/c1-6-10(2)14(15(17)22-5)16-23(18,19)11-7-8-12(20-3)13(9-11)21-4/h7-10,14,16H,6H2,1-5H3/t10-,14-/m1/s1. The van der Waals surface area contributed by atoms with Gasteiger partial charge in [-0.25, -0.2) is 8.42 Å². The lowest BCUT2D eigenvalue weighted by atomic mass is 10.0. The monoisotopic (exact) mass is 345 g/mol. The Balaban J connectivity index is 3.17. The van der Waals surface area contributed by atoms with Crippen LogP contribution >= 0.6 is 0 Å². The van der Waals surface area contributed by atoms with Crippen molar-refractivity contribution in [1.29, 1.82) is 0 Å². The van der Waals surface area contributed by atoms with Gasteiger partial charge >= 0.3 is 5.97 Å². The molecule has 23 heavy (non-hydrogen) atoms. The molecule has 8 heteroatoms. The van der Waals surface area contributed by atoms with Crippen LogP contribution in [0.15, 0.2) is 23.1 Å². The summed E-state index contributed by atoms with van der Waals surface area (Å²) in [4.78, 5) is 11.8. The fraction of sp³-hybridized carbons (Fsp3) is 0.533. The molecule has 0 aromatic heterocycles. The molecule has 0 aliphatic carbocycles. The number of benzene rings is 1. The third-order valence-corrected chi connectivity index (χ3v) is 5.05. The van der Waals surface area contributed by atoms with Crippen molar-refractivity contribution >= 4 is 16.0 Å². The molecular formula is C15H23NO6S. The molecule has 2 atom stereocenters. The van der Waals surface area contributed by atoms with Crippen molar-refractivity contribution < 1.29 is 27.4 Å². The van der Waals surface area contributed by atoms with Crippen LogP contribution in [-0.4, -0.2) is 41.8 Å². The van der Waals surface area contributed by atoms with E-state index < -0.39 is 22.0 Å². The summed E-state index contributed by atoms with van der Waals surface area (Å²) in [5.41, 5.74) is 0. The van der Waals surface area contributed by atoms with Crippen LogP contribution in [-0.2, 0) is 19.6 Å².